The Balaban J connectivity index is 1.63. The van der Waals surface area contributed by atoms with Crippen molar-refractivity contribution in [3.8, 4) is 0 Å². The summed E-state index contributed by atoms with van der Waals surface area (Å²) in [7, 11) is 0. The Morgan fingerprint density at radius 3 is 2.89 bits per heavy atom. The molecule has 0 bridgehead atoms. The van der Waals surface area contributed by atoms with Crippen LogP contribution in [0.15, 0.2) is 18.3 Å². The molecule has 0 radical (unpaired) electrons. The Morgan fingerprint density at radius 1 is 1.22 bits per heavy atom. The summed E-state index contributed by atoms with van der Waals surface area (Å²) in [5.74, 6) is 0.881. The second kappa shape index (κ2) is 5.40. The van der Waals surface area contributed by atoms with Crippen LogP contribution in [0.3, 0.4) is 0 Å². The molecule has 0 saturated heterocycles. The zero-order valence-corrected chi connectivity index (χ0v) is 11.4. The average Bonchev–Trinajstić information content (AvgIpc) is 2.83. The number of nitrogens with one attached hydrogen (secondary N) is 1. The van der Waals surface area contributed by atoms with Crippen LogP contribution in [0.2, 0.25) is 0 Å². The van der Waals surface area contributed by atoms with E-state index in [4.69, 9.17) is 0 Å². The van der Waals surface area contributed by atoms with Gasteiger partial charge in [0.15, 0.2) is 0 Å². The van der Waals surface area contributed by atoms with E-state index in [0.29, 0.717) is 12.1 Å². The van der Waals surface area contributed by atoms with Gasteiger partial charge in [-0.3, -0.25) is 4.98 Å². The topological polar surface area (TPSA) is 24.9 Å². The molecule has 18 heavy (non-hydrogen) atoms. The lowest BCUT2D eigenvalue weighted by molar-refractivity contribution is 0.263. The fourth-order valence-electron chi connectivity index (χ4n) is 3.66. The van der Waals surface area contributed by atoms with Gasteiger partial charge in [-0.15, -0.1) is 0 Å². The first-order valence-corrected chi connectivity index (χ1v) is 7.54. The first-order valence-electron chi connectivity index (χ1n) is 7.54. The van der Waals surface area contributed by atoms with E-state index in [0.717, 1.165) is 5.92 Å². The molecule has 0 aromatic carbocycles. The Morgan fingerprint density at radius 2 is 2.06 bits per heavy atom. The molecule has 2 heteroatoms. The number of hydrogen-bond donors (Lipinski definition) is 1. The second-order valence-electron chi connectivity index (χ2n) is 5.99. The number of aryl methyl sites for hydroxylation is 1. The van der Waals surface area contributed by atoms with Gasteiger partial charge in [0.1, 0.15) is 0 Å². The molecule has 3 rings (SSSR count). The first kappa shape index (κ1) is 12.2. The van der Waals surface area contributed by atoms with Crippen LogP contribution in [0.1, 0.15) is 62.7 Å². The molecule has 0 spiro atoms. The van der Waals surface area contributed by atoms with Gasteiger partial charge in [0, 0.05) is 12.2 Å². The third kappa shape index (κ3) is 2.44. The van der Waals surface area contributed by atoms with Gasteiger partial charge in [0.05, 0.1) is 11.7 Å². The molecule has 0 aliphatic heterocycles. The van der Waals surface area contributed by atoms with Crippen LogP contribution in [0.4, 0.5) is 0 Å². The number of hydrogen-bond acceptors (Lipinski definition) is 2. The van der Waals surface area contributed by atoms with Crippen molar-refractivity contribution in [2.45, 2.75) is 64.0 Å². The van der Waals surface area contributed by atoms with E-state index >= 15 is 0 Å². The maximum absolute atomic E-state index is 4.58. The van der Waals surface area contributed by atoms with Gasteiger partial charge >= 0.3 is 0 Å². The van der Waals surface area contributed by atoms with Gasteiger partial charge in [-0.25, -0.2) is 0 Å². The molecule has 1 aromatic heterocycles. The zero-order valence-electron chi connectivity index (χ0n) is 11.4. The predicted molar refractivity (Wildman–Crippen MR) is 74.5 cm³/mol. The van der Waals surface area contributed by atoms with E-state index in [-0.39, 0.29) is 0 Å². The molecule has 98 valence electrons. The lowest BCUT2D eigenvalue weighted by Gasteiger charge is -2.30. The highest BCUT2D eigenvalue weighted by atomic mass is 15.0. The molecule has 1 aromatic rings. The summed E-state index contributed by atoms with van der Waals surface area (Å²) in [6, 6.07) is 5.43. The van der Waals surface area contributed by atoms with Crippen LogP contribution in [0, 0.1) is 5.92 Å². The molecule has 1 unspecified atom stereocenters. The fourth-order valence-corrected chi connectivity index (χ4v) is 3.66. The summed E-state index contributed by atoms with van der Waals surface area (Å²) in [4.78, 5) is 4.58. The number of pyridine rings is 1. The van der Waals surface area contributed by atoms with Crippen molar-refractivity contribution in [2.75, 3.05) is 0 Å². The number of aromatic nitrogens is 1. The summed E-state index contributed by atoms with van der Waals surface area (Å²) in [5.41, 5.74) is 2.76. The predicted octanol–water partition coefficient (Wildman–Crippen LogP) is 3.63. The SMILES string of the molecule is C[C@@H](NC1CCc2cccnc21)C1CCCCC1. The third-order valence-corrected chi connectivity index (χ3v) is 4.78. The van der Waals surface area contributed by atoms with Crippen molar-refractivity contribution in [3.05, 3.63) is 29.6 Å². The van der Waals surface area contributed by atoms with Crippen molar-refractivity contribution in [1.82, 2.24) is 10.3 Å². The fraction of sp³-hybridized carbons (Fsp3) is 0.688. The molecule has 0 amide bonds. The Hall–Kier alpha value is -0.890. The van der Waals surface area contributed by atoms with Crippen LogP contribution in [0.5, 0.6) is 0 Å². The van der Waals surface area contributed by atoms with Gasteiger partial charge in [0.25, 0.3) is 0 Å². The summed E-state index contributed by atoms with van der Waals surface area (Å²) in [6.07, 6.45) is 11.5. The number of fused-ring (bicyclic) bond motifs is 1. The van der Waals surface area contributed by atoms with Gasteiger partial charge in [-0.1, -0.05) is 25.3 Å². The van der Waals surface area contributed by atoms with E-state index < -0.39 is 0 Å². The van der Waals surface area contributed by atoms with Crippen LogP contribution in [-0.4, -0.2) is 11.0 Å². The minimum absolute atomic E-state index is 0.498. The maximum Gasteiger partial charge on any atom is 0.0605 e. The monoisotopic (exact) mass is 244 g/mol. The van der Waals surface area contributed by atoms with E-state index in [2.05, 4.69) is 29.4 Å². The van der Waals surface area contributed by atoms with Crippen LogP contribution in [0.25, 0.3) is 0 Å². The summed E-state index contributed by atoms with van der Waals surface area (Å²) in [6.45, 7) is 2.37. The highest BCUT2D eigenvalue weighted by molar-refractivity contribution is 5.28. The van der Waals surface area contributed by atoms with Gasteiger partial charge in [0.2, 0.25) is 0 Å². The Labute approximate surface area is 110 Å². The second-order valence-corrected chi connectivity index (χ2v) is 5.99. The first-order chi connectivity index (χ1) is 8.84. The molecule has 2 nitrogen and oxygen atoms in total. The highest BCUT2D eigenvalue weighted by Crippen LogP contribution is 2.32. The minimum Gasteiger partial charge on any atom is -0.306 e. The molecular formula is C16H24N2. The maximum atomic E-state index is 4.58. The minimum atomic E-state index is 0.498. The molecule has 1 N–H and O–H groups in total. The molecular weight excluding hydrogens is 220 g/mol. The molecule has 2 atom stereocenters. The normalized spacial score (nSPS) is 25.9. The smallest absolute Gasteiger partial charge is 0.0605 e. The largest absolute Gasteiger partial charge is 0.306 e. The molecule has 1 saturated carbocycles. The number of nitrogens with zero attached hydrogens (tertiary/aromatic N) is 1. The lowest BCUT2D eigenvalue weighted by Crippen LogP contribution is -2.36. The van der Waals surface area contributed by atoms with Gasteiger partial charge in [-0.05, 0) is 50.2 Å². The number of rotatable bonds is 3. The van der Waals surface area contributed by atoms with Crippen molar-refractivity contribution in [1.29, 1.82) is 0 Å². The Bertz CT molecular complexity index is 396. The van der Waals surface area contributed by atoms with Crippen molar-refractivity contribution >= 4 is 0 Å². The van der Waals surface area contributed by atoms with Crippen molar-refractivity contribution in [2.24, 2.45) is 5.92 Å². The molecule has 1 heterocycles. The van der Waals surface area contributed by atoms with Crippen LogP contribution >= 0.6 is 0 Å². The highest BCUT2D eigenvalue weighted by Gasteiger charge is 2.27. The van der Waals surface area contributed by atoms with Gasteiger partial charge in [-0.2, -0.15) is 0 Å². The zero-order chi connectivity index (χ0) is 12.4. The molecule has 2 aliphatic rings. The van der Waals surface area contributed by atoms with E-state index in [9.17, 15) is 0 Å². The molecule has 1 fully saturated rings. The van der Waals surface area contributed by atoms with E-state index in [1.54, 1.807) is 0 Å². The van der Waals surface area contributed by atoms with Crippen molar-refractivity contribution < 1.29 is 0 Å². The Kier molecular flexibility index (Phi) is 3.64. The van der Waals surface area contributed by atoms with E-state index in [1.807, 2.05) is 6.20 Å². The standard InChI is InChI=1S/C16H24N2/c1-12(13-6-3-2-4-7-13)18-15-10-9-14-8-5-11-17-16(14)15/h5,8,11-13,15,18H,2-4,6-7,9-10H2,1H3/t12-,15?/m1/s1. The third-order valence-electron chi connectivity index (χ3n) is 4.78. The van der Waals surface area contributed by atoms with Crippen LogP contribution in [-0.2, 0) is 6.42 Å². The summed E-state index contributed by atoms with van der Waals surface area (Å²) < 4.78 is 0. The summed E-state index contributed by atoms with van der Waals surface area (Å²) >= 11 is 0. The van der Waals surface area contributed by atoms with Gasteiger partial charge < -0.3 is 5.32 Å². The van der Waals surface area contributed by atoms with Crippen LogP contribution < -0.4 is 5.32 Å². The summed E-state index contributed by atoms with van der Waals surface area (Å²) in [5, 5.41) is 3.84. The quantitative estimate of drug-likeness (QED) is 0.878. The molecule has 2 aliphatic carbocycles. The van der Waals surface area contributed by atoms with E-state index in [1.165, 1.54) is 56.2 Å². The van der Waals surface area contributed by atoms with Crippen molar-refractivity contribution in [3.63, 3.8) is 0 Å². The lowest BCUT2D eigenvalue weighted by atomic mass is 9.84. The average molecular weight is 244 g/mol.